The lowest BCUT2D eigenvalue weighted by Crippen LogP contribution is -1.96. The summed E-state index contributed by atoms with van der Waals surface area (Å²) >= 11 is 0. The van der Waals surface area contributed by atoms with Crippen LogP contribution in [-0.4, -0.2) is 18.2 Å². The lowest BCUT2D eigenvalue weighted by molar-refractivity contribution is -0.122. The van der Waals surface area contributed by atoms with E-state index in [0.717, 1.165) is 12.4 Å². The van der Waals surface area contributed by atoms with Crippen LogP contribution in [0, 0.1) is 0 Å². The molecule has 0 radical (unpaired) electrons. The molecule has 0 atom stereocenters. The first-order chi connectivity index (χ1) is 8.35. The van der Waals surface area contributed by atoms with E-state index in [1.54, 1.807) is 0 Å². The largest absolute Gasteiger partial charge is 0.494 e. The molecule has 1 N–H and O–H groups in total. The van der Waals surface area contributed by atoms with Crippen molar-refractivity contribution in [1.29, 1.82) is 0 Å². The molecule has 96 valence electrons. The molecule has 0 aliphatic carbocycles. The summed E-state index contributed by atoms with van der Waals surface area (Å²) in [6.07, 6.45) is 6.47. The van der Waals surface area contributed by atoms with Gasteiger partial charge in [0.15, 0.2) is 0 Å². The number of hydrogen-bond acceptors (Lipinski definition) is 2. The second-order valence-corrected chi connectivity index (χ2v) is 3.68. The van der Waals surface area contributed by atoms with E-state index in [1.165, 1.54) is 32.1 Å². The van der Waals surface area contributed by atoms with Gasteiger partial charge in [-0.2, -0.15) is 0 Å². The van der Waals surface area contributed by atoms with E-state index < -0.39 is 0 Å². The minimum absolute atomic E-state index is 0.250. The number of carbonyl (C=O) groups is 1. The lowest BCUT2D eigenvalue weighted by atomic mass is 10.2. The molecule has 0 unspecified atom stereocenters. The van der Waals surface area contributed by atoms with Crippen molar-refractivity contribution in [3.05, 3.63) is 30.3 Å². The molecular formula is C14H22O3. The molecule has 0 saturated carbocycles. The molecule has 0 aliphatic rings. The third kappa shape index (κ3) is 10.8. The highest BCUT2D eigenvalue weighted by molar-refractivity contribution is 5.32. The topological polar surface area (TPSA) is 46.5 Å². The molecule has 0 bridgehead atoms. The zero-order chi connectivity index (χ0) is 12.8. The predicted octanol–water partition coefficient (Wildman–Crippen LogP) is 3.74. The number of rotatable bonds is 7. The Hall–Kier alpha value is -1.51. The summed E-state index contributed by atoms with van der Waals surface area (Å²) in [4.78, 5) is 8.36. The van der Waals surface area contributed by atoms with Gasteiger partial charge >= 0.3 is 0 Å². The molecule has 3 nitrogen and oxygen atoms in total. The van der Waals surface area contributed by atoms with Crippen molar-refractivity contribution >= 4 is 6.47 Å². The summed E-state index contributed by atoms with van der Waals surface area (Å²) in [5, 5.41) is 6.89. The van der Waals surface area contributed by atoms with Crippen molar-refractivity contribution in [2.75, 3.05) is 6.61 Å². The van der Waals surface area contributed by atoms with Crippen molar-refractivity contribution in [2.24, 2.45) is 0 Å². The van der Waals surface area contributed by atoms with E-state index in [-0.39, 0.29) is 6.47 Å². The summed E-state index contributed by atoms with van der Waals surface area (Å²) in [5.74, 6) is 0.989. The Morgan fingerprint density at radius 1 is 1.12 bits per heavy atom. The molecule has 0 fully saturated rings. The second kappa shape index (κ2) is 12.6. The number of hydrogen-bond donors (Lipinski definition) is 1. The first-order valence-corrected chi connectivity index (χ1v) is 6.10. The Morgan fingerprint density at radius 2 is 1.71 bits per heavy atom. The quantitative estimate of drug-likeness (QED) is 0.581. The summed E-state index contributed by atoms with van der Waals surface area (Å²) in [6, 6.07) is 10.0. The maximum Gasteiger partial charge on any atom is 0.290 e. The van der Waals surface area contributed by atoms with Gasteiger partial charge in [-0.15, -0.1) is 0 Å². The zero-order valence-electron chi connectivity index (χ0n) is 10.5. The number of ether oxygens (including phenoxy) is 1. The van der Waals surface area contributed by atoms with Crippen LogP contribution in [0.1, 0.15) is 39.0 Å². The van der Waals surface area contributed by atoms with Gasteiger partial charge in [-0.25, -0.2) is 0 Å². The first-order valence-electron chi connectivity index (χ1n) is 6.10. The number of para-hydroxylation sites is 1. The summed E-state index contributed by atoms with van der Waals surface area (Å²) in [6.45, 7) is 2.84. The minimum atomic E-state index is -0.250. The van der Waals surface area contributed by atoms with E-state index in [9.17, 15) is 0 Å². The van der Waals surface area contributed by atoms with Crippen molar-refractivity contribution in [3.8, 4) is 5.75 Å². The molecule has 3 heteroatoms. The molecule has 0 amide bonds. The average Bonchev–Trinajstić information content (AvgIpc) is 2.36. The van der Waals surface area contributed by atoms with E-state index in [0.29, 0.717) is 0 Å². The zero-order valence-corrected chi connectivity index (χ0v) is 10.5. The van der Waals surface area contributed by atoms with Gasteiger partial charge in [0.1, 0.15) is 5.75 Å². The maximum atomic E-state index is 8.36. The Labute approximate surface area is 103 Å². The van der Waals surface area contributed by atoms with Crippen LogP contribution in [0.2, 0.25) is 0 Å². The van der Waals surface area contributed by atoms with E-state index in [1.807, 2.05) is 30.3 Å². The van der Waals surface area contributed by atoms with Crippen LogP contribution in [-0.2, 0) is 4.79 Å². The summed E-state index contributed by atoms with van der Waals surface area (Å²) in [5.41, 5.74) is 0. The Balaban J connectivity index is 0.000000770. The lowest BCUT2D eigenvalue weighted by Gasteiger charge is -2.04. The van der Waals surface area contributed by atoms with Crippen LogP contribution >= 0.6 is 0 Å². The fourth-order valence-electron chi connectivity index (χ4n) is 1.41. The first kappa shape index (κ1) is 15.5. The van der Waals surface area contributed by atoms with Crippen molar-refractivity contribution in [1.82, 2.24) is 0 Å². The third-order valence-corrected chi connectivity index (χ3v) is 2.26. The standard InChI is InChI=1S/C13H20O.CH2O2/c1-2-3-4-5-9-12-14-13-10-7-6-8-11-13;2-1-3/h6-8,10-11H,2-5,9,12H2,1H3;1H,(H,2,3). The molecule has 1 rings (SSSR count). The second-order valence-electron chi connectivity index (χ2n) is 3.68. The number of unbranched alkanes of at least 4 members (excludes halogenated alkanes) is 4. The maximum absolute atomic E-state index is 8.36. The van der Waals surface area contributed by atoms with Gasteiger partial charge < -0.3 is 9.84 Å². The molecular weight excluding hydrogens is 216 g/mol. The van der Waals surface area contributed by atoms with Crippen LogP contribution in [0.15, 0.2) is 30.3 Å². The van der Waals surface area contributed by atoms with Crippen LogP contribution in [0.4, 0.5) is 0 Å². The van der Waals surface area contributed by atoms with Gasteiger partial charge in [0.25, 0.3) is 6.47 Å². The third-order valence-electron chi connectivity index (χ3n) is 2.26. The Kier molecular flexibility index (Phi) is 11.4. The highest BCUT2D eigenvalue weighted by Gasteiger charge is 1.91. The van der Waals surface area contributed by atoms with Crippen LogP contribution in [0.5, 0.6) is 5.75 Å². The molecule has 0 saturated heterocycles. The fourth-order valence-corrected chi connectivity index (χ4v) is 1.41. The predicted molar refractivity (Wildman–Crippen MR) is 69.4 cm³/mol. The summed E-state index contributed by atoms with van der Waals surface area (Å²) in [7, 11) is 0. The number of benzene rings is 1. The van der Waals surface area contributed by atoms with Gasteiger partial charge in [-0.3, -0.25) is 4.79 Å². The number of carboxylic acid groups (broad SMARTS) is 1. The van der Waals surface area contributed by atoms with E-state index >= 15 is 0 Å². The molecule has 1 aromatic rings. The monoisotopic (exact) mass is 238 g/mol. The van der Waals surface area contributed by atoms with Gasteiger partial charge in [0.2, 0.25) is 0 Å². The molecule has 1 aromatic carbocycles. The van der Waals surface area contributed by atoms with Crippen molar-refractivity contribution in [3.63, 3.8) is 0 Å². The molecule has 0 heterocycles. The fraction of sp³-hybridized carbons (Fsp3) is 0.500. The van der Waals surface area contributed by atoms with Gasteiger partial charge in [-0.05, 0) is 18.6 Å². The van der Waals surface area contributed by atoms with Crippen molar-refractivity contribution in [2.45, 2.75) is 39.0 Å². The summed E-state index contributed by atoms with van der Waals surface area (Å²) < 4.78 is 5.59. The normalized spacial score (nSPS) is 9.00. The molecule has 0 spiro atoms. The minimum Gasteiger partial charge on any atom is -0.494 e. The highest BCUT2D eigenvalue weighted by atomic mass is 16.5. The van der Waals surface area contributed by atoms with Crippen LogP contribution in [0.25, 0.3) is 0 Å². The Morgan fingerprint density at radius 3 is 2.29 bits per heavy atom. The van der Waals surface area contributed by atoms with Crippen molar-refractivity contribution < 1.29 is 14.6 Å². The molecule has 0 aromatic heterocycles. The van der Waals surface area contributed by atoms with Crippen LogP contribution in [0.3, 0.4) is 0 Å². The SMILES string of the molecule is CCCCCCCOc1ccccc1.O=CO. The highest BCUT2D eigenvalue weighted by Crippen LogP contribution is 2.09. The molecule has 17 heavy (non-hydrogen) atoms. The Bertz CT molecular complexity index is 259. The van der Waals surface area contributed by atoms with E-state index in [2.05, 4.69) is 6.92 Å². The average molecular weight is 238 g/mol. The van der Waals surface area contributed by atoms with Gasteiger partial charge in [0, 0.05) is 0 Å². The molecule has 0 aliphatic heterocycles. The van der Waals surface area contributed by atoms with Gasteiger partial charge in [-0.1, -0.05) is 50.8 Å². The van der Waals surface area contributed by atoms with Crippen LogP contribution < -0.4 is 4.74 Å². The van der Waals surface area contributed by atoms with E-state index in [4.69, 9.17) is 14.6 Å². The van der Waals surface area contributed by atoms with Gasteiger partial charge in [0.05, 0.1) is 6.61 Å². The smallest absolute Gasteiger partial charge is 0.290 e.